The fourth-order valence-electron chi connectivity index (χ4n) is 3.66. The molecule has 1 aliphatic heterocycles. The SMILES string of the molecule is C#CCOc1ccc(CCNC(=O)NCC2(c3cccc(F)c3)CCOCC2)cc1. The van der Waals surface area contributed by atoms with Gasteiger partial charge < -0.3 is 20.1 Å². The van der Waals surface area contributed by atoms with Crippen LogP contribution in [-0.2, 0) is 16.6 Å². The van der Waals surface area contributed by atoms with E-state index in [1.165, 1.54) is 6.07 Å². The van der Waals surface area contributed by atoms with Gasteiger partial charge in [0.2, 0.25) is 0 Å². The van der Waals surface area contributed by atoms with Crippen LogP contribution in [0, 0.1) is 18.2 Å². The maximum absolute atomic E-state index is 13.8. The summed E-state index contributed by atoms with van der Waals surface area (Å²) < 4.78 is 24.6. The monoisotopic (exact) mass is 410 g/mol. The van der Waals surface area contributed by atoms with Gasteiger partial charge in [-0.05, 0) is 54.7 Å². The van der Waals surface area contributed by atoms with Crippen LogP contribution in [-0.4, -0.2) is 38.9 Å². The highest BCUT2D eigenvalue weighted by molar-refractivity contribution is 5.74. The molecule has 1 aliphatic rings. The van der Waals surface area contributed by atoms with Crippen molar-refractivity contribution in [1.82, 2.24) is 10.6 Å². The summed E-state index contributed by atoms with van der Waals surface area (Å²) in [5.41, 5.74) is 1.67. The standard InChI is InChI=1S/C24H27FN2O3/c1-2-14-30-22-8-6-19(7-9-22)10-13-26-23(28)27-18-24(11-15-29-16-12-24)20-4-3-5-21(25)17-20/h1,3-9,17H,10-16,18H2,(H2,26,27,28). The average Bonchev–Trinajstić information content (AvgIpc) is 2.78. The summed E-state index contributed by atoms with van der Waals surface area (Å²) in [6.07, 6.45) is 7.36. The van der Waals surface area contributed by atoms with Gasteiger partial charge in [-0.3, -0.25) is 0 Å². The minimum Gasteiger partial charge on any atom is -0.481 e. The van der Waals surface area contributed by atoms with E-state index in [1.807, 2.05) is 30.3 Å². The molecule has 0 saturated carbocycles. The van der Waals surface area contributed by atoms with E-state index in [0.29, 0.717) is 32.7 Å². The van der Waals surface area contributed by atoms with Crippen molar-refractivity contribution in [3.63, 3.8) is 0 Å². The third-order valence-corrected chi connectivity index (χ3v) is 5.42. The molecule has 6 heteroatoms. The summed E-state index contributed by atoms with van der Waals surface area (Å²) in [5, 5.41) is 5.85. The van der Waals surface area contributed by atoms with Gasteiger partial charge in [0.1, 0.15) is 18.2 Å². The van der Waals surface area contributed by atoms with Gasteiger partial charge in [0.15, 0.2) is 0 Å². The number of carbonyl (C=O) groups is 1. The second kappa shape index (κ2) is 10.7. The molecular weight excluding hydrogens is 383 g/mol. The van der Waals surface area contributed by atoms with Gasteiger partial charge in [0, 0.05) is 31.7 Å². The van der Waals surface area contributed by atoms with Gasteiger partial charge in [0.25, 0.3) is 0 Å². The molecule has 0 bridgehead atoms. The molecule has 2 amide bonds. The molecule has 0 aliphatic carbocycles. The maximum Gasteiger partial charge on any atom is 0.314 e. The number of carbonyl (C=O) groups excluding carboxylic acids is 1. The number of nitrogens with one attached hydrogen (secondary N) is 2. The Kier molecular flexibility index (Phi) is 7.69. The number of hydrogen-bond donors (Lipinski definition) is 2. The molecule has 158 valence electrons. The molecular formula is C24H27FN2O3. The summed E-state index contributed by atoms with van der Waals surface area (Å²) in [4.78, 5) is 12.3. The smallest absolute Gasteiger partial charge is 0.314 e. The highest BCUT2D eigenvalue weighted by Crippen LogP contribution is 2.34. The summed E-state index contributed by atoms with van der Waals surface area (Å²) in [6, 6.07) is 14.0. The van der Waals surface area contributed by atoms with Gasteiger partial charge in [0.05, 0.1) is 0 Å². The summed E-state index contributed by atoms with van der Waals surface area (Å²) >= 11 is 0. The molecule has 2 aromatic carbocycles. The summed E-state index contributed by atoms with van der Waals surface area (Å²) in [5.74, 6) is 2.89. The Bertz CT molecular complexity index is 871. The van der Waals surface area contributed by atoms with E-state index in [0.717, 1.165) is 29.7 Å². The predicted molar refractivity (Wildman–Crippen MR) is 114 cm³/mol. The van der Waals surface area contributed by atoms with E-state index in [-0.39, 0.29) is 23.9 Å². The van der Waals surface area contributed by atoms with Crippen molar-refractivity contribution < 1.29 is 18.7 Å². The van der Waals surface area contributed by atoms with E-state index in [4.69, 9.17) is 15.9 Å². The van der Waals surface area contributed by atoms with Crippen LogP contribution in [0.25, 0.3) is 0 Å². The second-order valence-corrected chi connectivity index (χ2v) is 7.40. The molecule has 1 heterocycles. The Balaban J connectivity index is 1.48. The van der Waals surface area contributed by atoms with Gasteiger partial charge in [-0.25, -0.2) is 9.18 Å². The first-order chi connectivity index (χ1) is 14.6. The molecule has 0 unspecified atom stereocenters. The number of ether oxygens (including phenoxy) is 2. The van der Waals surface area contributed by atoms with Crippen LogP contribution in [0.1, 0.15) is 24.0 Å². The zero-order valence-electron chi connectivity index (χ0n) is 17.0. The van der Waals surface area contributed by atoms with Gasteiger partial charge >= 0.3 is 6.03 Å². The first-order valence-corrected chi connectivity index (χ1v) is 10.1. The van der Waals surface area contributed by atoms with Crippen LogP contribution in [0.4, 0.5) is 9.18 Å². The zero-order chi connectivity index (χ0) is 21.2. The number of benzene rings is 2. The van der Waals surface area contributed by atoms with Gasteiger partial charge in [-0.15, -0.1) is 6.42 Å². The summed E-state index contributed by atoms with van der Waals surface area (Å²) in [6.45, 7) is 2.38. The third kappa shape index (κ3) is 5.98. The number of rotatable bonds is 8. The number of urea groups is 1. The second-order valence-electron chi connectivity index (χ2n) is 7.40. The fourth-order valence-corrected chi connectivity index (χ4v) is 3.66. The molecule has 1 saturated heterocycles. The Morgan fingerprint density at radius 2 is 1.93 bits per heavy atom. The Morgan fingerprint density at radius 1 is 1.17 bits per heavy atom. The molecule has 5 nitrogen and oxygen atoms in total. The Morgan fingerprint density at radius 3 is 2.63 bits per heavy atom. The number of hydrogen-bond acceptors (Lipinski definition) is 3. The lowest BCUT2D eigenvalue weighted by Gasteiger charge is -2.38. The molecule has 3 rings (SSSR count). The van der Waals surface area contributed by atoms with Crippen LogP contribution in [0.5, 0.6) is 5.75 Å². The van der Waals surface area contributed by atoms with E-state index >= 15 is 0 Å². The van der Waals surface area contributed by atoms with Crippen molar-refractivity contribution in [3.05, 3.63) is 65.5 Å². The van der Waals surface area contributed by atoms with Crippen molar-refractivity contribution in [2.45, 2.75) is 24.7 Å². The predicted octanol–water partition coefficient (Wildman–Crippen LogP) is 3.43. The van der Waals surface area contributed by atoms with Crippen LogP contribution < -0.4 is 15.4 Å². The molecule has 0 spiro atoms. The van der Waals surface area contributed by atoms with Crippen LogP contribution in [0.15, 0.2) is 48.5 Å². The first kappa shape index (κ1) is 21.7. The molecule has 0 radical (unpaired) electrons. The lowest BCUT2D eigenvalue weighted by Crippen LogP contribution is -2.47. The van der Waals surface area contributed by atoms with Crippen molar-refractivity contribution in [2.75, 3.05) is 32.9 Å². The van der Waals surface area contributed by atoms with Crippen molar-refractivity contribution in [1.29, 1.82) is 0 Å². The van der Waals surface area contributed by atoms with Crippen molar-refractivity contribution in [2.24, 2.45) is 0 Å². The molecule has 0 atom stereocenters. The lowest BCUT2D eigenvalue weighted by atomic mass is 9.74. The molecule has 1 fully saturated rings. The van der Waals surface area contributed by atoms with Crippen LogP contribution in [0.3, 0.4) is 0 Å². The van der Waals surface area contributed by atoms with E-state index < -0.39 is 0 Å². The zero-order valence-corrected chi connectivity index (χ0v) is 17.0. The summed E-state index contributed by atoms with van der Waals surface area (Å²) in [7, 11) is 0. The van der Waals surface area contributed by atoms with Gasteiger partial charge in [-0.1, -0.05) is 30.2 Å². The Hall–Kier alpha value is -3.04. The fraction of sp³-hybridized carbons (Fsp3) is 0.375. The minimum absolute atomic E-state index is 0.230. The molecule has 2 aromatic rings. The molecule has 30 heavy (non-hydrogen) atoms. The van der Waals surface area contributed by atoms with E-state index in [9.17, 15) is 9.18 Å². The molecule has 2 N–H and O–H groups in total. The first-order valence-electron chi connectivity index (χ1n) is 10.1. The largest absolute Gasteiger partial charge is 0.481 e. The van der Waals surface area contributed by atoms with E-state index in [1.54, 1.807) is 12.1 Å². The number of amides is 2. The van der Waals surface area contributed by atoms with Crippen molar-refractivity contribution in [3.8, 4) is 18.1 Å². The Labute approximate surface area is 177 Å². The maximum atomic E-state index is 13.8. The number of terminal acetylenes is 1. The number of halogens is 1. The highest BCUT2D eigenvalue weighted by atomic mass is 19.1. The van der Waals surface area contributed by atoms with Crippen LogP contribution >= 0.6 is 0 Å². The quantitative estimate of drug-likeness (QED) is 0.656. The van der Waals surface area contributed by atoms with Gasteiger partial charge in [-0.2, -0.15) is 0 Å². The third-order valence-electron chi connectivity index (χ3n) is 5.42. The topological polar surface area (TPSA) is 59.6 Å². The highest BCUT2D eigenvalue weighted by Gasteiger charge is 2.35. The average molecular weight is 410 g/mol. The van der Waals surface area contributed by atoms with Crippen LogP contribution in [0.2, 0.25) is 0 Å². The van der Waals surface area contributed by atoms with Crippen molar-refractivity contribution >= 4 is 6.03 Å². The lowest BCUT2D eigenvalue weighted by molar-refractivity contribution is 0.0506. The normalized spacial score (nSPS) is 15.1. The van der Waals surface area contributed by atoms with E-state index in [2.05, 4.69) is 16.6 Å². The minimum atomic E-state index is -0.314. The molecule has 0 aromatic heterocycles.